The van der Waals surface area contributed by atoms with Gasteiger partial charge < -0.3 is 15.0 Å². The SMILES string of the molecule is COc1ccc(NC(=O)CCN(C(C)=O)C(C)C)cc1. The Balaban J connectivity index is 2.48. The van der Waals surface area contributed by atoms with E-state index in [9.17, 15) is 9.59 Å². The summed E-state index contributed by atoms with van der Waals surface area (Å²) < 4.78 is 5.05. The molecule has 5 nitrogen and oxygen atoms in total. The molecule has 1 N–H and O–H groups in total. The fourth-order valence-corrected chi connectivity index (χ4v) is 1.90. The number of carbonyl (C=O) groups excluding carboxylic acids is 2. The minimum atomic E-state index is -0.109. The molecule has 0 atom stereocenters. The maximum absolute atomic E-state index is 11.8. The predicted molar refractivity (Wildman–Crippen MR) is 78.8 cm³/mol. The smallest absolute Gasteiger partial charge is 0.226 e. The number of carbonyl (C=O) groups is 2. The van der Waals surface area contributed by atoms with Gasteiger partial charge in [-0.05, 0) is 38.1 Å². The molecule has 0 aliphatic heterocycles. The molecule has 0 unspecified atom stereocenters. The quantitative estimate of drug-likeness (QED) is 0.868. The lowest BCUT2D eigenvalue weighted by Crippen LogP contribution is -2.37. The number of ether oxygens (including phenoxy) is 1. The van der Waals surface area contributed by atoms with Crippen LogP contribution in [0.25, 0.3) is 0 Å². The van der Waals surface area contributed by atoms with Crippen LogP contribution < -0.4 is 10.1 Å². The van der Waals surface area contributed by atoms with Crippen molar-refractivity contribution in [1.82, 2.24) is 4.90 Å². The molecule has 0 aromatic heterocycles. The maximum atomic E-state index is 11.8. The van der Waals surface area contributed by atoms with Crippen molar-refractivity contribution >= 4 is 17.5 Å². The first-order valence-corrected chi connectivity index (χ1v) is 6.65. The number of nitrogens with zero attached hydrogens (tertiary/aromatic N) is 1. The van der Waals surface area contributed by atoms with Crippen LogP contribution in [0.3, 0.4) is 0 Å². The van der Waals surface area contributed by atoms with Gasteiger partial charge in [0, 0.05) is 31.6 Å². The fraction of sp³-hybridized carbons (Fsp3) is 0.467. The van der Waals surface area contributed by atoms with Crippen LogP contribution in [-0.4, -0.2) is 36.4 Å². The molecule has 0 aliphatic carbocycles. The van der Waals surface area contributed by atoms with Crippen molar-refractivity contribution in [2.24, 2.45) is 0 Å². The zero-order valence-corrected chi connectivity index (χ0v) is 12.5. The molecule has 0 saturated heterocycles. The molecule has 1 rings (SSSR count). The molecule has 0 fully saturated rings. The second-order valence-corrected chi connectivity index (χ2v) is 4.83. The summed E-state index contributed by atoms with van der Waals surface area (Å²) in [6.07, 6.45) is 0.282. The van der Waals surface area contributed by atoms with Gasteiger partial charge in [0.25, 0.3) is 0 Å². The van der Waals surface area contributed by atoms with Crippen LogP contribution in [0.15, 0.2) is 24.3 Å². The molecular weight excluding hydrogens is 256 g/mol. The topological polar surface area (TPSA) is 58.6 Å². The molecule has 0 spiro atoms. The number of anilines is 1. The zero-order valence-electron chi connectivity index (χ0n) is 12.5. The van der Waals surface area contributed by atoms with Gasteiger partial charge in [-0.1, -0.05) is 0 Å². The van der Waals surface area contributed by atoms with E-state index < -0.39 is 0 Å². The van der Waals surface area contributed by atoms with Gasteiger partial charge >= 0.3 is 0 Å². The Bertz CT molecular complexity index is 455. The molecule has 20 heavy (non-hydrogen) atoms. The van der Waals surface area contributed by atoms with E-state index in [-0.39, 0.29) is 24.3 Å². The highest BCUT2D eigenvalue weighted by atomic mass is 16.5. The van der Waals surface area contributed by atoms with Crippen LogP contribution in [0.1, 0.15) is 27.2 Å². The van der Waals surface area contributed by atoms with Crippen molar-refractivity contribution in [1.29, 1.82) is 0 Å². The summed E-state index contributed by atoms with van der Waals surface area (Å²) in [4.78, 5) is 24.9. The third-order valence-corrected chi connectivity index (χ3v) is 2.98. The number of methoxy groups -OCH3 is 1. The summed E-state index contributed by atoms with van der Waals surface area (Å²) in [5.41, 5.74) is 0.717. The highest BCUT2D eigenvalue weighted by molar-refractivity contribution is 5.91. The van der Waals surface area contributed by atoms with Gasteiger partial charge in [0.05, 0.1) is 7.11 Å². The third kappa shape index (κ3) is 4.91. The summed E-state index contributed by atoms with van der Waals surface area (Å²) in [6.45, 7) is 5.81. The van der Waals surface area contributed by atoms with Gasteiger partial charge in [-0.15, -0.1) is 0 Å². The molecule has 2 amide bonds. The fourth-order valence-electron chi connectivity index (χ4n) is 1.90. The number of rotatable bonds is 6. The summed E-state index contributed by atoms with van der Waals surface area (Å²) in [5.74, 6) is 0.616. The Morgan fingerprint density at radius 2 is 1.85 bits per heavy atom. The zero-order chi connectivity index (χ0) is 15.1. The summed E-state index contributed by atoms with van der Waals surface area (Å²) in [6, 6.07) is 7.22. The first kappa shape index (κ1) is 16.0. The molecule has 0 saturated carbocycles. The molecule has 5 heteroatoms. The van der Waals surface area contributed by atoms with Crippen molar-refractivity contribution in [3.05, 3.63) is 24.3 Å². The van der Waals surface area contributed by atoms with Crippen LogP contribution in [0.4, 0.5) is 5.69 Å². The minimum absolute atomic E-state index is 0.0164. The highest BCUT2D eigenvalue weighted by Gasteiger charge is 2.14. The number of hydrogen-bond donors (Lipinski definition) is 1. The van der Waals surface area contributed by atoms with E-state index in [4.69, 9.17) is 4.74 Å². The largest absolute Gasteiger partial charge is 0.497 e. The van der Waals surface area contributed by atoms with Crippen LogP contribution in [0, 0.1) is 0 Å². The van der Waals surface area contributed by atoms with E-state index >= 15 is 0 Å². The van der Waals surface area contributed by atoms with Crippen LogP contribution in [-0.2, 0) is 9.59 Å². The van der Waals surface area contributed by atoms with Crippen molar-refractivity contribution in [2.45, 2.75) is 33.2 Å². The van der Waals surface area contributed by atoms with Gasteiger partial charge in [0.1, 0.15) is 5.75 Å². The van der Waals surface area contributed by atoms with Gasteiger partial charge in [0.15, 0.2) is 0 Å². The molecule has 0 bridgehead atoms. The van der Waals surface area contributed by atoms with Gasteiger partial charge in [0.2, 0.25) is 11.8 Å². The van der Waals surface area contributed by atoms with Crippen molar-refractivity contribution < 1.29 is 14.3 Å². The third-order valence-electron chi connectivity index (χ3n) is 2.98. The molecule has 1 aromatic rings. The van der Waals surface area contributed by atoms with Gasteiger partial charge in [-0.25, -0.2) is 0 Å². The Kier molecular flexibility index (Phi) is 6.03. The summed E-state index contributed by atoms with van der Waals surface area (Å²) in [7, 11) is 1.59. The van der Waals surface area contributed by atoms with Gasteiger partial charge in [-0.3, -0.25) is 9.59 Å². The van der Waals surface area contributed by atoms with Crippen LogP contribution >= 0.6 is 0 Å². The summed E-state index contributed by atoms with van der Waals surface area (Å²) >= 11 is 0. The Morgan fingerprint density at radius 3 is 2.30 bits per heavy atom. The van der Waals surface area contributed by atoms with E-state index in [1.54, 1.807) is 36.3 Å². The van der Waals surface area contributed by atoms with E-state index in [1.165, 1.54) is 6.92 Å². The van der Waals surface area contributed by atoms with E-state index in [0.717, 1.165) is 11.4 Å². The van der Waals surface area contributed by atoms with E-state index in [2.05, 4.69) is 5.32 Å². The molecule has 0 radical (unpaired) electrons. The lowest BCUT2D eigenvalue weighted by atomic mass is 10.2. The van der Waals surface area contributed by atoms with Gasteiger partial charge in [-0.2, -0.15) is 0 Å². The number of amides is 2. The number of nitrogens with one attached hydrogen (secondary N) is 1. The average molecular weight is 278 g/mol. The molecule has 0 aliphatic rings. The summed E-state index contributed by atoms with van der Waals surface area (Å²) in [5, 5.41) is 2.79. The van der Waals surface area contributed by atoms with Crippen LogP contribution in [0.2, 0.25) is 0 Å². The van der Waals surface area contributed by atoms with Crippen molar-refractivity contribution in [2.75, 3.05) is 19.0 Å². The standard InChI is InChI=1S/C15H22N2O3/c1-11(2)17(12(3)18)10-9-15(19)16-13-5-7-14(20-4)8-6-13/h5-8,11H,9-10H2,1-4H3,(H,16,19). The lowest BCUT2D eigenvalue weighted by molar-refractivity contribution is -0.130. The first-order valence-electron chi connectivity index (χ1n) is 6.65. The molecular formula is C15H22N2O3. The number of benzene rings is 1. The van der Waals surface area contributed by atoms with E-state index in [1.807, 2.05) is 13.8 Å². The predicted octanol–water partition coefficient (Wildman–Crippen LogP) is 2.28. The molecule has 0 heterocycles. The normalized spacial score (nSPS) is 10.2. The number of hydrogen-bond acceptors (Lipinski definition) is 3. The monoisotopic (exact) mass is 278 g/mol. The molecule has 110 valence electrons. The molecule has 1 aromatic carbocycles. The second-order valence-electron chi connectivity index (χ2n) is 4.83. The lowest BCUT2D eigenvalue weighted by Gasteiger charge is -2.24. The first-order chi connectivity index (χ1) is 9.43. The Hall–Kier alpha value is -2.04. The van der Waals surface area contributed by atoms with Crippen molar-refractivity contribution in [3.63, 3.8) is 0 Å². The highest BCUT2D eigenvalue weighted by Crippen LogP contribution is 2.15. The minimum Gasteiger partial charge on any atom is -0.497 e. The maximum Gasteiger partial charge on any atom is 0.226 e. The Morgan fingerprint density at radius 1 is 1.25 bits per heavy atom. The average Bonchev–Trinajstić information content (AvgIpc) is 2.39. The van der Waals surface area contributed by atoms with E-state index in [0.29, 0.717) is 6.54 Å². The Labute approximate surface area is 119 Å². The van der Waals surface area contributed by atoms with Crippen LogP contribution in [0.5, 0.6) is 5.75 Å². The second kappa shape index (κ2) is 7.53. The van der Waals surface area contributed by atoms with Crippen molar-refractivity contribution in [3.8, 4) is 5.75 Å².